The maximum Gasteiger partial charge on any atom is 0.264 e. The number of nitrogens with one attached hydrogen (secondary N) is 2. The highest BCUT2D eigenvalue weighted by Crippen LogP contribution is 2.28. The van der Waals surface area contributed by atoms with Gasteiger partial charge in [-0.1, -0.05) is 0 Å². The lowest BCUT2D eigenvalue weighted by atomic mass is 10.2. The van der Waals surface area contributed by atoms with E-state index < -0.39 is 10.0 Å². The number of fused-ring (bicyclic) bond motifs is 1. The van der Waals surface area contributed by atoms with Crippen molar-refractivity contribution in [1.29, 1.82) is 5.26 Å². The fourth-order valence-electron chi connectivity index (χ4n) is 3.50. The molecule has 1 amide bonds. The number of carbonyl (C=O) groups excluding carboxylic acids is 1. The zero-order chi connectivity index (χ0) is 24.1. The molecule has 0 saturated carbocycles. The number of anilines is 2. The van der Waals surface area contributed by atoms with Gasteiger partial charge in [0.05, 0.1) is 10.5 Å². The third-order valence-corrected chi connectivity index (χ3v) is 7.51. The monoisotopic (exact) mass is 494 g/mol. The summed E-state index contributed by atoms with van der Waals surface area (Å²) in [6, 6.07) is 11.6. The molecule has 0 saturated heterocycles. The molecule has 0 radical (unpaired) electrons. The van der Waals surface area contributed by atoms with E-state index in [0.717, 1.165) is 30.5 Å². The summed E-state index contributed by atoms with van der Waals surface area (Å²) in [7, 11) is -3.86. The maximum absolute atomic E-state index is 12.5. The van der Waals surface area contributed by atoms with E-state index in [-0.39, 0.29) is 23.2 Å². The van der Waals surface area contributed by atoms with Crippen LogP contribution in [-0.4, -0.2) is 35.0 Å². The Morgan fingerprint density at radius 2 is 1.97 bits per heavy atom. The molecule has 0 aliphatic heterocycles. The van der Waals surface area contributed by atoms with Crippen LogP contribution in [0.1, 0.15) is 35.4 Å². The van der Waals surface area contributed by atoms with Crippen LogP contribution in [0.15, 0.2) is 52.5 Å². The molecular formula is C23H22N6O3S2. The second kappa shape index (κ2) is 10.2. The molecule has 2 N–H and O–H groups in total. The van der Waals surface area contributed by atoms with Crippen LogP contribution in [0.2, 0.25) is 0 Å². The van der Waals surface area contributed by atoms with Crippen molar-refractivity contribution in [2.45, 2.75) is 42.5 Å². The van der Waals surface area contributed by atoms with E-state index in [4.69, 9.17) is 0 Å². The first-order valence-corrected chi connectivity index (χ1v) is 13.1. The van der Waals surface area contributed by atoms with Gasteiger partial charge in [0.2, 0.25) is 11.9 Å². The fraction of sp³-hybridized carbons (Fsp3) is 0.261. The van der Waals surface area contributed by atoms with Crippen molar-refractivity contribution >= 4 is 39.3 Å². The number of carbonyl (C=O) groups is 1. The molecule has 1 aromatic carbocycles. The number of pyridine rings is 1. The number of amides is 1. The smallest absolute Gasteiger partial charge is 0.264 e. The summed E-state index contributed by atoms with van der Waals surface area (Å²) in [5.74, 6) is 0.250. The minimum Gasteiger partial charge on any atom is -0.326 e. The molecule has 0 unspecified atom stereocenters. The van der Waals surface area contributed by atoms with Crippen molar-refractivity contribution in [2.75, 3.05) is 15.8 Å². The number of nitriles is 1. The second-order valence-electron chi connectivity index (χ2n) is 7.71. The molecule has 2 aromatic heterocycles. The lowest BCUT2D eigenvalue weighted by Gasteiger charge is -2.09. The molecule has 1 aliphatic carbocycles. The summed E-state index contributed by atoms with van der Waals surface area (Å²) in [6.45, 7) is 1.74. The van der Waals surface area contributed by atoms with Crippen molar-refractivity contribution in [3.63, 3.8) is 0 Å². The molecule has 1 aliphatic rings. The van der Waals surface area contributed by atoms with Crippen LogP contribution < -0.4 is 10.0 Å². The minimum atomic E-state index is -3.86. The van der Waals surface area contributed by atoms with Gasteiger partial charge in [0.25, 0.3) is 10.0 Å². The van der Waals surface area contributed by atoms with Gasteiger partial charge in [-0.2, -0.15) is 5.26 Å². The van der Waals surface area contributed by atoms with Crippen molar-refractivity contribution in [1.82, 2.24) is 15.0 Å². The number of hydrogen-bond acceptors (Lipinski definition) is 8. The maximum atomic E-state index is 12.5. The highest BCUT2D eigenvalue weighted by molar-refractivity contribution is 7.99. The Bertz CT molecular complexity index is 1370. The third kappa shape index (κ3) is 5.70. The van der Waals surface area contributed by atoms with Crippen LogP contribution in [0.3, 0.4) is 0 Å². The van der Waals surface area contributed by atoms with Crippen molar-refractivity contribution < 1.29 is 13.2 Å². The molecule has 11 heteroatoms. The summed E-state index contributed by atoms with van der Waals surface area (Å²) in [5.41, 5.74) is 3.86. The van der Waals surface area contributed by atoms with E-state index in [9.17, 15) is 18.5 Å². The van der Waals surface area contributed by atoms with Gasteiger partial charge in [-0.3, -0.25) is 4.79 Å². The number of aromatic nitrogens is 3. The van der Waals surface area contributed by atoms with Gasteiger partial charge < -0.3 is 5.32 Å². The highest BCUT2D eigenvalue weighted by atomic mass is 32.2. The van der Waals surface area contributed by atoms with Crippen LogP contribution in [-0.2, 0) is 27.7 Å². The van der Waals surface area contributed by atoms with Crippen molar-refractivity contribution in [2.24, 2.45) is 0 Å². The van der Waals surface area contributed by atoms with E-state index >= 15 is 0 Å². The lowest BCUT2D eigenvalue weighted by molar-refractivity contribution is -0.115. The van der Waals surface area contributed by atoms with E-state index in [1.807, 2.05) is 6.07 Å². The Kier molecular flexibility index (Phi) is 7.09. The lowest BCUT2D eigenvalue weighted by Crippen LogP contribution is -2.16. The Labute approximate surface area is 202 Å². The predicted octanol–water partition coefficient (Wildman–Crippen LogP) is 3.46. The predicted molar refractivity (Wildman–Crippen MR) is 129 cm³/mol. The molecule has 34 heavy (non-hydrogen) atoms. The Hall–Kier alpha value is -3.49. The van der Waals surface area contributed by atoms with Gasteiger partial charge in [0.15, 0.2) is 0 Å². The summed E-state index contributed by atoms with van der Waals surface area (Å²) in [5, 5.41) is 12.8. The Morgan fingerprint density at radius 1 is 1.18 bits per heavy atom. The molecular weight excluding hydrogens is 472 g/mol. The third-order valence-electron chi connectivity index (χ3n) is 5.17. The van der Waals surface area contributed by atoms with Crippen LogP contribution in [0.5, 0.6) is 0 Å². The Morgan fingerprint density at radius 3 is 2.71 bits per heavy atom. The zero-order valence-corrected chi connectivity index (χ0v) is 20.0. The SMILES string of the molecule is Cc1ccnc(NS(=O)(=O)c2ccc(NC(=O)CCSc3nc4c(cc3C#N)CCC4)cc2)n1. The summed E-state index contributed by atoms with van der Waals surface area (Å²) >= 11 is 1.39. The van der Waals surface area contributed by atoms with Gasteiger partial charge in [-0.05, 0) is 68.1 Å². The van der Waals surface area contributed by atoms with Gasteiger partial charge in [0, 0.05) is 35.4 Å². The number of nitrogens with zero attached hydrogens (tertiary/aromatic N) is 4. The minimum absolute atomic E-state index is 0.00713. The van der Waals surface area contributed by atoms with Gasteiger partial charge >= 0.3 is 0 Å². The zero-order valence-electron chi connectivity index (χ0n) is 18.4. The number of hydrogen-bond donors (Lipinski definition) is 2. The molecule has 0 spiro atoms. The normalized spacial score (nSPS) is 12.6. The number of sulfonamides is 1. The summed E-state index contributed by atoms with van der Waals surface area (Å²) in [4.78, 5) is 24.9. The first-order chi connectivity index (χ1) is 16.3. The van der Waals surface area contributed by atoms with Crippen LogP contribution in [0, 0.1) is 18.3 Å². The molecule has 3 aromatic rings. The quantitative estimate of drug-likeness (QED) is 0.454. The van der Waals surface area contributed by atoms with E-state index in [0.29, 0.717) is 27.7 Å². The molecule has 0 fully saturated rings. The van der Waals surface area contributed by atoms with Gasteiger partial charge in [0.1, 0.15) is 11.1 Å². The first-order valence-electron chi connectivity index (χ1n) is 10.6. The first kappa shape index (κ1) is 23.7. The van der Waals surface area contributed by atoms with E-state index in [1.54, 1.807) is 13.0 Å². The molecule has 0 atom stereocenters. The molecule has 4 rings (SSSR count). The van der Waals surface area contributed by atoms with E-state index in [2.05, 4.69) is 31.1 Å². The number of benzene rings is 1. The largest absolute Gasteiger partial charge is 0.326 e. The molecule has 9 nitrogen and oxygen atoms in total. The number of thioether (sulfide) groups is 1. The number of rotatable bonds is 8. The average Bonchev–Trinajstić information content (AvgIpc) is 3.26. The molecule has 2 heterocycles. The standard InChI is InChI=1S/C23H22N6O3S2/c1-15-9-11-25-23(26-15)29-34(31,32)19-7-5-18(6-8-19)27-21(30)10-12-33-22-17(14-24)13-16-3-2-4-20(16)28-22/h5-9,11,13H,2-4,10,12H2,1H3,(H,27,30)(H,25,26,29). The number of aryl methyl sites for hydroxylation is 3. The van der Waals surface area contributed by atoms with Gasteiger partial charge in [-0.25, -0.2) is 28.1 Å². The highest BCUT2D eigenvalue weighted by Gasteiger charge is 2.18. The topological polar surface area (TPSA) is 138 Å². The average molecular weight is 495 g/mol. The summed E-state index contributed by atoms with van der Waals surface area (Å²) < 4.78 is 27.4. The molecule has 0 bridgehead atoms. The van der Waals surface area contributed by atoms with E-state index in [1.165, 1.54) is 42.2 Å². The van der Waals surface area contributed by atoms with Crippen LogP contribution >= 0.6 is 11.8 Å². The second-order valence-corrected chi connectivity index (χ2v) is 10.5. The Balaban J connectivity index is 1.31. The van der Waals surface area contributed by atoms with Crippen molar-refractivity contribution in [3.8, 4) is 6.07 Å². The van der Waals surface area contributed by atoms with Gasteiger partial charge in [-0.15, -0.1) is 11.8 Å². The summed E-state index contributed by atoms with van der Waals surface area (Å²) in [6.07, 6.45) is 4.63. The van der Waals surface area contributed by atoms with Crippen LogP contribution in [0.25, 0.3) is 0 Å². The van der Waals surface area contributed by atoms with Crippen molar-refractivity contribution in [3.05, 3.63) is 65.1 Å². The molecule has 174 valence electrons. The van der Waals surface area contributed by atoms with Crippen LogP contribution in [0.4, 0.5) is 11.6 Å². The fourth-order valence-corrected chi connectivity index (χ4v) is 5.37.